The SMILES string of the molecule is CSc1ccc(CN(C)C(=O)C2NCCC2C)cc1. The van der Waals surface area contributed by atoms with Crippen LogP contribution in [0.3, 0.4) is 0 Å². The Balaban J connectivity index is 1.95. The molecule has 0 aromatic heterocycles. The van der Waals surface area contributed by atoms with E-state index in [1.54, 1.807) is 11.8 Å². The fourth-order valence-electron chi connectivity index (χ4n) is 2.49. The molecule has 1 aromatic carbocycles. The number of hydrogen-bond acceptors (Lipinski definition) is 3. The summed E-state index contributed by atoms with van der Waals surface area (Å²) >= 11 is 1.73. The van der Waals surface area contributed by atoms with Crippen LogP contribution in [-0.2, 0) is 11.3 Å². The summed E-state index contributed by atoms with van der Waals surface area (Å²) in [6, 6.07) is 8.40. The van der Waals surface area contributed by atoms with E-state index in [1.165, 1.54) is 10.5 Å². The smallest absolute Gasteiger partial charge is 0.240 e. The number of nitrogens with one attached hydrogen (secondary N) is 1. The largest absolute Gasteiger partial charge is 0.340 e. The number of hydrogen-bond donors (Lipinski definition) is 1. The van der Waals surface area contributed by atoms with E-state index in [4.69, 9.17) is 0 Å². The van der Waals surface area contributed by atoms with E-state index >= 15 is 0 Å². The van der Waals surface area contributed by atoms with E-state index in [1.807, 2.05) is 11.9 Å². The predicted molar refractivity (Wildman–Crippen MR) is 80.3 cm³/mol. The summed E-state index contributed by atoms with van der Waals surface area (Å²) < 4.78 is 0. The van der Waals surface area contributed by atoms with Crippen molar-refractivity contribution in [1.29, 1.82) is 0 Å². The number of carbonyl (C=O) groups is 1. The highest BCUT2D eigenvalue weighted by Gasteiger charge is 2.31. The van der Waals surface area contributed by atoms with Gasteiger partial charge in [-0.3, -0.25) is 4.79 Å². The molecule has 2 rings (SSSR count). The van der Waals surface area contributed by atoms with Crippen LogP contribution in [0.25, 0.3) is 0 Å². The van der Waals surface area contributed by atoms with E-state index in [-0.39, 0.29) is 11.9 Å². The van der Waals surface area contributed by atoms with Crippen LogP contribution in [-0.4, -0.2) is 36.7 Å². The fourth-order valence-corrected chi connectivity index (χ4v) is 2.89. The second-order valence-corrected chi connectivity index (χ2v) is 6.12. The van der Waals surface area contributed by atoms with Gasteiger partial charge < -0.3 is 10.2 Å². The summed E-state index contributed by atoms with van der Waals surface area (Å²) in [5.41, 5.74) is 1.18. The molecule has 1 aliphatic heterocycles. The quantitative estimate of drug-likeness (QED) is 0.858. The minimum absolute atomic E-state index is 0.00419. The van der Waals surface area contributed by atoms with E-state index in [0.29, 0.717) is 12.5 Å². The molecule has 0 bridgehead atoms. The first-order valence-electron chi connectivity index (χ1n) is 6.73. The van der Waals surface area contributed by atoms with Gasteiger partial charge in [0.1, 0.15) is 0 Å². The molecule has 1 heterocycles. The highest BCUT2D eigenvalue weighted by molar-refractivity contribution is 7.98. The minimum atomic E-state index is -0.00419. The van der Waals surface area contributed by atoms with Crippen LogP contribution >= 0.6 is 11.8 Å². The summed E-state index contributed by atoms with van der Waals surface area (Å²) in [5.74, 6) is 0.646. The van der Waals surface area contributed by atoms with Crippen molar-refractivity contribution < 1.29 is 4.79 Å². The monoisotopic (exact) mass is 278 g/mol. The van der Waals surface area contributed by atoms with Crippen LogP contribution in [0.2, 0.25) is 0 Å². The van der Waals surface area contributed by atoms with Crippen LogP contribution in [0.1, 0.15) is 18.9 Å². The van der Waals surface area contributed by atoms with Gasteiger partial charge in [-0.1, -0.05) is 19.1 Å². The third kappa shape index (κ3) is 3.51. The van der Waals surface area contributed by atoms with E-state index in [9.17, 15) is 4.79 Å². The number of likely N-dealkylation sites (N-methyl/N-ethyl adjacent to an activating group) is 1. The number of nitrogens with zero attached hydrogens (tertiary/aromatic N) is 1. The Hall–Kier alpha value is -1.00. The van der Waals surface area contributed by atoms with Crippen LogP contribution in [0.5, 0.6) is 0 Å². The second kappa shape index (κ2) is 6.44. The number of carbonyl (C=O) groups excluding carboxylic acids is 1. The highest BCUT2D eigenvalue weighted by atomic mass is 32.2. The normalized spacial score (nSPS) is 22.5. The summed E-state index contributed by atoms with van der Waals surface area (Å²) in [4.78, 5) is 15.4. The average Bonchev–Trinajstić information content (AvgIpc) is 2.85. The Kier molecular flexibility index (Phi) is 4.88. The van der Waals surface area contributed by atoms with Crippen LogP contribution in [0, 0.1) is 5.92 Å². The summed E-state index contributed by atoms with van der Waals surface area (Å²) in [6.45, 7) is 3.77. The van der Waals surface area contributed by atoms with Crippen molar-refractivity contribution in [1.82, 2.24) is 10.2 Å². The molecule has 19 heavy (non-hydrogen) atoms. The first-order valence-corrected chi connectivity index (χ1v) is 7.95. The molecule has 0 radical (unpaired) electrons. The third-order valence-corrected chi connectivity index (χ3v) is 4.50. The zero-order valence-electron chi connectivity index (χ0n) is 11.8. The lowest BCUT2D eigenvalue weighted by atomic mass is 10.0. The topological polar surface area (TPSA) is 32.3 Å². The molecule has 1 aromatic rings. The summed E-state index contributed by atoms with van der Waals surface area (Å²) in [7, 11) is 1.89. The van der Waals surface area contributed by atoms with Gasteiger partial charge in [0, 0.05) is 18.5 Å². The van der Waals surface area contributed by atoms with E-state index < -0.39 is 0 Å². The molecule has 1 amide bonds. The number of thioether (sulfide) groups is 1. The molecule has 4 heteroatoms. The number of benzene rings is 1. The first-order chi connectivity index (χ1) is 9.11. The third-order valence-electron chi connectivity index (χ3n) is 3.75. The molecule has 104 valence electrons. The summed E-state index contributed by atoms with van der Waals surface area (Å²) in [5, 5.41) is 3.30. The Morgan fingerprint density at radius 3 is 2.63 bits per heavy atom. The maximum Gasteiger partial charge on any atom is 0.240 e. The van der Waals surface area contributed by atoms with Crippen molar-refractivity contribution in [3.63, 3.8) is 0 Å². The van der Waals surface area contributed by atoms with Gasteiger partial charge in [-0.25, -0.2) is 0 Å². The zero-order valence-corrected chi connectivity index (χ0v) is 12.7. The lowest BCUT2D eigenvalue weighted by Crippen LogP contribution is -2.43. The van der Waals surface area contributed by atoms with Crippen molar-refractivity contribution in [2.45, 2.75) is 30.8 Å². The van der Waals surface area contributed by atoms with Crippen molar-refractivity contribution >= 4 is 17.7 Å². The molecule has 3 nitrogen and oxygen atoms in total. The molecule has 0 spiro atoms. The highest BCUT2D eigenvalue weighted by Crippen LogP contribution is 2.18. The first kappa shape index (κ1) is 14.4. The van der Waals surface area contributed by atoms with Gasteiger partial charge in [0.15, 0.2) is 0 Å². The maximum absolute atomic E-state index is 12.3. The molecule has 2 atom stereocenters. The number of amides is 1. The van der Waals surface area contributed by atoms with Crippen LogP contribution in [0.15, 0.2) is 29.2 Å². The Morgan fingerprint density at radius 2 is 2.11 bits per heavy atom. The van der Waals surface area contributed by atoms with Gasteiger partial charge in [0.2, 0.25) is 5.91 Å². The maximum atomic E-state index is 12.3. The molecule has 0 aliphatic carbocycles. The fraction of sp³-hybridized carbons (Fsp3) is 0.533. The minimum Gasteiger partial charge on any atom is -0.340 e. The Morgan fingerprint density at radius 1 is 1.42 bits per heavy atom. The van der Waals surface area contributed by atoms with E-state index in [0.717, 1.165) is 13.0 Å². The van der Waals surface area contributed by atoms with Crippen LogP contribution in [0.4, 0.5) is 0 Å². The van der Waals surface area contributed by atoms with Crippen molar-refractivity contribution in [2.75, 3.05) is 19.8 Å². The van der Waals surface area contributed by atoms with Crippen molar-refractivity contribution in [3.05, 3.63) is 29.8 Å². The van der Waals surface area contributed by atoms with Gasteiger partial charge in [0.25, 0.3) is 0 Å². The van der Waals surface area contributed by atoms with Crippen molar-refractivity contribution in [3.8, 4) is 0 Å². The second-order valence-electron chi connectivity index (χ2n) is 5.24. The molecule has 1 aliphatic rings. The van der Waals surface area contributed by atoms with Gasteiger partial charge in [-0.15, -0.1) is 11.8 Å². The van der Waals surface area contributed by atoms with Gasteiger partial charge >= 0.3 is 0 Å². The van der Waals surface area contributed by atoms with Crippen LogP contribution < -0.4 is 5.32 Å². The van der Waals surface area contributed by atoms with Gasteiger partial charge in [-0.05, 0) is 42.8 Å². The number of rotatable bonds is 4. The molecule has 1 saturated heterocycles. The molecular weight excluding hydrogens is 256 g/mol. The van der Waals surface area contributed by atoms with Crippen molar-refractivity contribution in [2.24, 2.45) is 5.92 Å². The molecule has 1 N–H and O–H groups in total. The van der Waals surface area contributed by atoms with Gasteiger partial charge in [0.05, 0.1) is 6.04 Å². The molecule has 0 saturated carbocycles. The molecular formula is C15H22N2OS. The van der Waals surface area contributed by atoms with Gasteiger partial charge in [-0.2, -0.15) is 0 Å². The lowest BCUT2D eigenvalue weighted by molar-refractivity contribution is -0.133. The predicted octanol–water partition coefficient (Wildman–Crippen LogP) is 2.36. The Bertz CT molecular complexity index is 432. The zero-order chi connectivity index (χ0) is 13.8. The molecule has 1 fully saturated rings. The average molecular weight is 278 g/mol. The summed E-state index contributed by atoms with van der Waals surface area (Å²) in [6.07, 6.45) is 3.16. The Labute approximate surface area is 119 Å². The van der Waals surface area contributed by atoms with E-state index in [2.05, 4.69) is 42.8 Å². The lowest BCUT2D eigenvalue weighted by Gasteiger charge is -2.23. The molecule has 2 unspecified atom stereocenters. The standard InChI is InChI=1S/C15H22N2OS/c1-11-8-9-16-14(11)15(18)17(2)10-12-4-6-13(19-3)7-5-12/h4-7,11,14,16H,8-10H2,1-3H3.